The molecule has 3 rings (SSSR count). The summed E-state index contributed by atoms with van der Waals surface area (Å²) >= 11 is 0. The molecule has 1 aromatic carbocycles. The Labute approximate surface area is 142 Å². The fraction of sp³-hybridized carbons (Fsp3) is 0.471. The monoisotopic (exact) mass is 327 g/mol. The molecule has 128 valence electrons. The van der Waals surface area contributed by atoms with Gasteiger partial charge in [-0.3, -0.25) is 4.99 Å². The molecule has 1 aromatic heterocycles. The Balaban J connectivity index is 1.52. The molecule has 0 saturated carbocycles. The highest BCUT2D eigenvalue weighted by molar-refractivity contribution is 5.80. The fourth-order valence-electron chi connectivity index (χ4n) is 2.89. The molecule has 7 heteroatoms. The van der Waals surface area contributed by atoms with Crippen molar-refractivity contribution in [3.63, 3.8) is 0 Å². The van der Waals surface area contributed by atoms with Crippen LogP contribution in [0.5, 0.6) is 0 Å². The van der Waals surface area contributed by atoms with Crippen molar-refractivity contribution in [2.75, 3.05) is 25.0 Å². The lowest BCUT2D eigenvalue weighted by Crippen LogP contribution is -2.44. The van der Waals surface area contributed by atoms with E-state index in [0.29, 0.717) is 12.6 Å². The molecule has 7 nitrogen and oxygen atoms in total. The van der Waals surface area contributed by atoms with E-state index in [9.17, 15) is 0 Å². The maximum Gasteiger partial charge on any atom is 0.191 e. The highest BCUT2D eigenvalue weighted by Gasteiger charge is 2.23. The summed E-state index contributed by atoms with van der Waals surface area (Å²) in [5.74, 6) is 1.68. The van der Waals surface area contributed by atoms with E-state index in [1.54, 1.807) is 13.4 Å². The van der Waals surface area contributed by atoms with E-state index in [-0.39, 0.29) is 0 Å². The summed E-state index contributed by atoms with van der Waals surface area (Å²) in [4.78, 5) is 6.72. The van der Waals surface area contributed by atoms with Crippen LogP contribution in [-0.2, 0) is 13.6 Å². The minimum atomic E-state index is 0.386. The molecule has 2 N–H and O–H groups in total. The molecule has 0 aliphatic carbocycles. The van der Waals surface area contributed by atoms with E-state index in [2.05, 4.69) is 61.9 Å². The summed E-state index contributed by atoms with van der Waals surface area (Å²) in [6.07, 6.45) is 2.79. The Morgan fingerprint density at radius 3 is 2.79 bits per heavy atom. The number of nitrogens with one attached hydrogen (secondary N) is 2. The number of aromatic nitrogens is 3. The predicted octanol–water partition coefficient (Wildman–Crippen LogP) is 1.07. The first-order chi connectivity index (χ1) is 11.7. The Hall–Kier alpha value is -2.57. The van der Waals surface area contributed by atoms with Crippen LogP contribution in [-0.4, -0.2) is 46.9 Å². The molecule has 1 aliphatic rings. The van der Waals surface area contributed by atoms with E-state index in [1.165, 1.54) is 11.3 Å². The van der Waals surface area contributed by atoms with Crippen molar-refractivity contribution in [2.24, 2.45) is 12.0 Å². The largest absolute Gasteiger partial charge is 0.369 e. The van der Waals surface area contributed by atoms with Gasteiger partial charge < -0.3 is 20.1 Å². The zero-order valence-electron chi connectivity index (χ0n) is 14.5. The SMILES string of the molecule is CN=C(NCc1nncn1C)NC1CCN(c2ccc(C)cc2)C1. The van der Waals surface area contributed by atoms with E-state index in [4.69, 9.17) is 0 Å². The van der Waals surface area contributed by atoms with Gasteiger partial charge in [0, 0.05) is 38.9 Å². The molecular formula is C17H25N7. The number of guanidine groups is 1. The van der Waals surface area contributed by atoms with Crippen LogP contribution in [0.4, 0.5) is 5.69 Å². The van der Waals surface area contributed by atoms with Gasteiger partial charge in [0.05, 0.1) is 6.54 Å². The van der Waals surface area contributed by atoms with Crippen molar-refractivity contribution < 1.29 is 0 Å². The normalized spacial score (nSPS) is 18.0. The molecule has 0 radical (unpaired) electrons. The quantitative estimate of drug-likeness (QED) is 0.649. The first-order valence-corrected chi connectivity index (χ1v) is 8.27. The number of hydrogen-bond donors (Lipinski definition) is 2. The topological polar surface area (TPSA) is 70.4 Å². The van der Waals surface area contributed by atoms with Crippen LogP contribution in [0.25, 0.3) is 0 Å². The molecule has 24 heavy (non-hydrogen) atoms. The lowest BCUT2D eigenvalue weighted by molar-refractivity contribution is 0.640. The maximum atomic E-state index is 4.31. The van der Waals surface area contributed by atoms with Crippen molar-refractivity contribution in [1.82, 2.24) is 25.4 Å². The number of benzene rings is 1. The van der Waals surface area contributed by atoms with Gasteiger partial charge in [0.25, 0.3) is 0 Å². The van der Waals surface area contributed by atoms with Crippen LogP contribution < -0.4 is 15.5 Å². The van der Waals surface area contributed by atoms with Gasteiger partial charge in [-0.15, -0.1) is 10.2 Å². The van der Waals surface area contributed by atoms with Crippen molar-refractivity contribution in [3.05, 3.63) is 42.0 Å². The van der Waals surface area contributed by atoms with Crippen molar-refractivity contribution >= 4 is 11.6 Å². The summed E-state index contributed by atoms with van der Waals surface area (Å²) < 4.78 is 1.90. The molecule has 1 fully saturated rings. The second-order valence-electron chi connectivity index (χ2n) is 6.20. The number of nitrogens with zero attached hydrogens (tertiary/aromatic N) is 5. The second kappa shape index (κ2) is 7.33. The smallest absolute Gasteiger partial charge is 0.191 e. The Morgan fingerprint density at radius 1 is 1.33 bits per heavy atom. The van der Waals surface area contributed by atoms with Gasteiger partial charge in [-0.25, -0.2) is 0 Å². The summed E-state index contributed by atoms with van der Waals surface area (Å²) in [5.41, 5.74) is 2.58. The Kier molecular flexibility index (Phi) is 4.98. The van der Waals surface area contributed by atoms with E-state index in [1.807, 2.05) is 11.6 Å². The lowest BCUT2D eigenvalue weighted by Gasteiger charge is -2.20. The summed E-state index contributed by atoms with van der Waals surface area (Å²) in [7, 11) is 3.72. The molecule has 0 spiro atoms. The van der Waals surface area contributed by atoms with Crippen LogP contribution in [0.15, 0.2) is 35.6 Å². The van der Waals surface area contributed by atoms with Crippen LogP contribution >= 0.6 is 0 Å². The zero-order chi connectivity index (χ0) is 16.9. The third kappa shape index (κ3) is 3.84. The number of aliphatic imine (C=N–C) groups is 1. The van der Waals surface area contributed by atoms with Crippen LogP contribution in [0.3, 0.4) is 0 Å². The highest BCUT2D eigenvalue weighted by atomic mass is 15.3. The molecule has 2 aromatic rings. The molecule has 1 saturated heterocycles. The minimum absolute atomic E-state index is 0.386. The van der Waals surface area contributed by atoms with E-state index >= 15 is 0 Å². The van der Waals surface area contributed by atoms with Gasteiger partial charge >= 0.3 is 0 Å². The predicted molar refractivity (Wildman–Crippen MR) is 96.1 cm³/mol. The van der Waals surface area contributed by atoms with E-state index in [0.717, 1.165) is 31.3 Å². The molecular weight excluding hydrogens is 302 g/mol. The molecule has 2 heterocycles. The Bertz CT molecular complexity index is 689. The third-order valence-electron chi connectivity index (χ3n) is 4.37. The van der Waals surface area contributed by atoms with Gasteiger partial charge in [-0.2, -0.15) is 0 Å². The second-order valence-corrected chi connectivity index (χ2v) is 6.20. The number of anilines is 1. The van der Waals surface area contributed by atoms with E-state index < -0.39 is 0 Å². The van der Waals surface area contributed by atoms with Gasteiger partial charge in [0.15, 0.2) is 11.8 Å². The molecule has 0 bridgehead atoms. The molecule has 0 amide bonds. The average Bonchev–Trinajstić information content (AvgIpc) is 3.21. The average molecular weight is 327 g/mol. The summed E-state index contributed by atoms with van der Waals surface area (Å²) in [6, 6.07) is 9.10. The Morgan fingerprint density at radius 2 is 2.12 bits per heavy atom. The van der Waals surface area contributed by atoms with Crippen LogP contribution in [0.2, 0.25) is 0 Å². The lowest BCUT2D eigenvalue weighted by atomic mass is 10.2. The summed E-state index contributed by atoms with van der Waals surface area (Å²) in [6.45, 7) is 4.75. The highest BCUT2D eigenvalue weighted by Crippen LogP contribution is 2.20. The van der Waals surface area contributed by atoms with Gasteiger partial charge in [0.2, 0.25) is 0 Å². The zero-order valence-corrected chi connectivity index (χ0v) is 14.5. The van der Waals surface area contributed by atoms with Gasteiger partial charge in [0.1, 0.15) is 6.33 Å². The molecule has 1 unspecified atom stereocenters. The molecule has 1 aliphatic heterocycles. The molecule has 1 atom stereocenters. The van der Waals surface area contributed by atoms with Gasteiger partial charge in [-0.05, 0) is 25.5 Å². The van der Waals surface area contributed by atoms with Crippen molar-refractivity contribution in [2.45, 2.75) is 25.9 Å². The number of hydrogen-bond acceptors (Lipinski definition) is 4. The first kappa shape index (κ1) is 16.3. The maximum absolute atomic E-state index is 4.31. The minimum Gasteiger partial charge on any atom is -0.369 e. The van der Waals surface area contributed by atoms with Crippen LogP contribution in [0, 0.1) is 6.92 Å². The standard InChI is InChI=1S/C17H25N7/c1-13-4-6-15(7-5-13)24-9-8-14(11-24)21-17(18-2)19-10-16-22-20-12-23(16)3/h4-7,12,14H,8-11H2,1-3H3,(H2,18,19,21). The number of aryl methyl sites for hydroxylation is 2. The number of rotatable bonds is 4. The first-order valence-electron chi connectivity index (χ1n) is 8.27. The summed E-state index contributed by atoms with van der Waals surface area (Å²) in [5, 5.41) is 14.8. The van der Waals surface area contributed by atoms with Gasteiger partial charge in [-0.1, -0.05) is 17.7 Å². The third-order valence-corrected chi connectivity index (χ3v) is 4.37. The van der Waals surface area contributed by atoms with Crippen molar-refractivity contribution in [1.29, 1.82) is 0 Å². The van der Waals surface area contributed by atoms with Crippen molar-refractivity contribution in [3.8, 4) is 0 Å². The fourth-order valence-corrected chi connectivity index (χ4v) is 2.89. The van der Waals surface area contributed by atoms with Crippen LogP contribution in [0.1, 0.15) is 17.8 Å².